The van der Waals surface area contributed by atoms with E-state index in [-0.39, 0.29) is 11.1 Å². The summed E-state index contributed by atoms with van der Waals surface area (Å²) in [5.41, 5.74) is 6.96. The molecule has 0 spiro atoms. The summed E-state index contributed by atoms with van der Waals surface area (Å²) in [5.74, 6) is 0.305. The molecule has 1 aromatic rings. The highest BCUT2D eigenvalue weighted by Crippen LogP contribution is 2.43. The fourth-order valence-electron chi connectivity index (χ4n) is 2.55. The second kappa shape index (κ2) is 4.94. The highest BCUT2D eigenvalue weighted by molar-refractivity contribution is 5.48. The van der Waals surface area contributed by atoms with Crippen molar-refractivity contribution in [2.24, 2.45) is 11.1 Å². The monoisotopic (exact) mass is 250 g/mol. The van der Waals surface area contributed by atoms with E-state index in [9.17, 15) is 10.1 Å². The molecule has 1 fully saturated rings. The van der Waals surface area contributed by atoms with Crippen LogP contribution < -0.4 is 10.5 Å². The lowest BCUT2D eigenvalue weighted by Crippen LogP contribution is -2.39. The Morgan fingerprint density at radius 2 is 2.22 bits per heavy atom. The number of nitro groups is 1. The van der Waals surface area contributed by atoms with Crippen LogP contribution in [-0.2, 0) is 6.42 Å². The van der Waals surface area contributed by atoms with Gasteiger partial charge in [-0.05, 0) is 42.9 Å². The highest BCUT2D eigenvalue weighted by atomic mass is 16.6. The summed E-state index contributed by atoms with van der Waals surface area (Å²) in [5, 5.41) is 11.0. The Bertz CT molecular complexity index is 450. The number of methoxy groups -OCH3 is 1. The molecule has 0 saturated heterocycles. The summed E-state index contributed by atoms with van der Waals surface area (Å²) in [6.45, 7) is 0.646. The van der Waals surface area contributed by atoms with Gasteiger partial charge in [0.15, 0.2) is 5.75 Å². The predicted octanol–water partition coefficient (Wildman–Crippen LogP) is 2.27. The molecule has 98 valence electrons. The minimum absolute atomic E-state index is 0.0292. The quantitative estimate of drug-likeness (QED) is 0.642. The smallest absolute Gasteiger partial charge is 0.311 e. The molecule has 2 rings (SSSR count). The van der Waals surface area contributed by atoms with E-state index in [1.807, 2.05) is 6.07 Å². The van der Waals surface area contributed by atoms with Crippen LogP contribution in [0, 0.1) is 15.5 Å². The van der Waals surface area contributed by atoms with E-state index in [4.69, 9.17) is 10.5 Å². The molecule has 0 amide bonds. The Kier molecular flexibility index (Phi) is 3.52. The maximum Gasteiger partial charge on any atom is 0.311 e. The van der Waals surface area contributed by atoms with Crippen molar-refractivity contribution < 1.29 is 9.66 Å². The van der Waals surface area contributed by atoms with Gasteiger partial charge in [-0.1, -0.05) is 12.5 Å². The van der Waals surface area contributed by atoms with Crippen molar-refractivity contribution in [3.8, 4) is 5.75 Å². The summed E-state index contributed by atoms with van der Waals surface area (Å²) in [6.07, 6.45) is 4.25. The third kappa shape index (κ3) is 2.31. The molecule has 0 unspecified atom stereocenters. The number of hydrogen-bond acceptors (Lipinski definition) is 4. The molecule has 1 aromatic carbocycles. The van der Waals surface area contributed by atoms with Gasteiger partial charge in [-0.2, -0.15) is 0 Å². The van der Waals surface area contributed by atoms with E-state index in [0.29, 0.717) is 12.3 Å². The normalized spacial score (nSPS) is 17.0. The molecule has 0 heterocycles. The first-order valence-corrected chi connectivity index (χ1v) is 6.12. The van der Waals surface area contributed by atoms with Crippen LogP contribution in [0.1, 0.15) is 24.8 Å². The van der Waals surface area contributed by atoms with E-state index in [1.54, 1.807) is 12.1 Å². The Morgan fingerprint density at radius 3 is 2.67 bits per heavy atom. The van der Waals surface area contributed by atoms with Crippen molar-refractivity contribution in [2.75, 3.05) is 13.7 Å². The van der Waals surface area contributed by atoms with Crippen molar-refractivity contribution >= 4 is 5.69 Å². The molecule has 2 N–H and O–H groups in total. The van der Waals surface area contributed by atoms with Crippen LogP contribution in [0.2, 0.25) is 0 Å². The Balaban J connectivity index is 2.24. The van der Waals surface area contributed by atoms with Crippen LogP contribution in [0.5, 0.6) is 5.75 Å². The largest absolute Gasteiger partial charge is 0.490 e. The number of nitrogens with two attached hydrogens (primary N) is 1. The lowest BCUT2D eigenvalue weighted by Gasteiger charge is -2.41. The minimum atomic E-state index is -0.405. The summed E-state index contributed by atoms with van der Waals surface area (Å²) < 4.78 is 4.99. The SMILES string of the molecule is COc1ccc(CC2(CN)CCC2)cc1[N+](=O)[O-]. The van der Waals surface area contributed by atoms with E-state index >= 15 is 0 Å². The van der Waals surface area contributed by atoms with Crippen molar-refractivity contribution in [3.63, 3.8) is 0 Å². The second-order valence-corrected chi connectivity index (χ2v) is 5.00. The Morgan fingerprint density at radius 1 is 1.50 bits per heavy atom. The second-order valence-electron chi connectivity index (χ2n) is 5.00. The Hall–Kier alpha value is -1.62. The van der Waals surface area contributed by atoms with Crippen molar-refractivity contribution in [1.29, 1.82) is 0 Å². The lowest BCUT2D eigenvalue weighted by molar-refractivity contribution is -0.385. The zero-order chi connectivity index (χ0) is 13.2. The molecule has 5 heteroatoms. The predicted molar refractivity (Wildman–Crippen MR) is 68.7 cm³/mol. The molecule has 0 radical (unpaired) electrons. The first-order valence-electron chi connectivity index (χ1n) is 6.12. The van der Waals surface area contributed by atoms with Crippen molar-refractivity contribution in [2.45, 2.75) is 25.7 Å². The van der Waals surface area contributed by atoms with Crippen LogP contribution in [0.15, 0.2) is 18.2 Å². The van der Waals surface area contributed by atoms with Gasteiger partial charge in [-0.3, -0.25) is 10.1 Å². The molecule has 1 aliphatic rings. The van der Waals surface area contributed by atoms with Crippen LogP contribution in [0.3, 0.4) is 0 Å². The van der Waals surface area contributed by atoms with E-state index in [2.05, 4.69) is 0 Å². The van der Waals surface area contributed by atoms with Crippen molar-refractivity contribution in [3.05, 3.63) is 33.9 Å². The first-order chi connectivity index (χ1) is 8.60. The van der Waals surface area contributed by atoms with E-state index < -0.39 is 4.92 Å². The average Bonchev–Trinajstić information content (AvgIpc) is 2.33. The van der Waals surface area contributed by atoms with Gasteiger partial charge in [0, 0.05) is 6.07 Å². The molecule has 1 aliphatic carbocycles. The third-order valence-corrected chi connectivity index (χ3v) is 3.87. The molecule has 0 atom stereocenters. The number of hydrogen-bond donors (Lipinski definition) is 1. The highest BCUT2D eigenvalue weighted by Gasteiger charge is 2.35. The number of benzene rings is 1. The lowest BCUT2D eigenvalue weighted by atomic mass is 9.65. The molecule has 0 bridgehead atoms. The Labute approximate surface area is 106 Å². The van der Waals surface area contributed by atoms with Gasteiger partial charge in [0.25, 0.3) is 0 Å². The summed E-state index contributed by atoms with van der Waals surface area (Å²) >= 11 is 0. The molecule has 5 nitrogen and oxygen atoms in total. The molecular weight excluding hydrogens is 232 g/mol. The topological polar surface area (TPSA) is 78.4 Å². The molecule has 0 aliphatic heterocycles. The molecule has 18 heavy (non-hydrogen) atoms. The molecule has 0 aromatic heterocycles. The van der Waals surface area contributed by atoms with Gasteiger partial charge in [0.1, 0.15) is 0 Å². The molecular formula is C13H18N2O3. The van der Waals surface area contributed by atoms with Gasteiger partial charge in [0.05, 0.1) is 12.0 Å². The van der Waals surface area contributed by atoms with Crippen molar-refractivity contribution in [1.82, 2.24) is 0 Å². The average molecular weight is 250 g/mol. The summed E-state index contributed by atoms with van der Waals surface area (Å²) in [6, 6.07) is 5.16. The van der Waals surface area contributed by atoms with Gasteiger partial charge >= 0.3 is 5.69 Å². The van der Waals surface area contributed by atoms with Gasteiger partial charge in [-0.25, -0.2) is 0 Å². The maximum absolute atomic E-state index is 11.0. The van der Waals surface area contributed by atoms with Crippen LogP contribution in [0.4, 0.5) is 5.69 Å². The van der Waals surface area contributed by atoms with E-state index in [0.717, 1.165) is 24.8 Å². The maximum atomic E-state index is 11.0. The number of rotatable bonds is 5. The van der Waals surface area contributed by atoms with E-state index in [1.165, 1.54) is 13.5 Å². The minimum Gasteiger partial charge on any atom is -0.490 e. The molecule has 1 saturated carbocycles. The fraction of sp³-hybridized carbons (Fsp3) is 0.538. The van der Waals surface area contributed by atoms with Crippen LogP contribution >= 0.6 is 0 Å². The number of ether oxygens (including phenoxy) is 1. The standard InChI is InChI=1S/C13H18N2O3/c1-18-12-4-3-10(7-11(12)15(16)17)8-13(9-14)5-2-6-13/h3-4,7H,2,5-6,8-9,14H2,1H3. The van der Waals surface area contributed by atoms with Gasteiger partial charge in [-0.15, -0.1) is 0 Å². The summed E-state index contributed by atoms with van der Waals surface area (Å²) in [7, 11) is 1.44. The zero-order valence-corrected chi connectivity index (χ0v) is 10.5. The van der Waals surface area contributed by atoms with Gasteiger partial charge in [0.2, 0.25) is 0 Å². The number of nitrogens with zero attached hydrogens (tertiary/aromatic N) is 1. The summed E-state index contributed by atoms with van der Waals surface area (Å²) in [4.78, 5) is 10.5. The zero-order valence-electron chi connectivity index (χ0n) is 10.5. The van der Waals surface area contributed by atoms with Gasteiger partial charge < -0.3 is 10.5 Å². The van der Waals surface area contributed by atoms with Crippen LogP contribution in [0.25, 0.3) is 0 Å². The third-order valence-electron chi connectivity index (χ3n) is 3.87. The van der Waals surface area contributed by atoms with Crippen LogP contribution in [-0.4, -0.2) is 18.6 Å². The fourth-order valence-corrected chi connectivity index (χ4v) is 2.55. The first kappa shape index (κ1) is 12.8. The number of nitro benzene ring substituents is 1.